The van der Waals surface area contributed by atoms with E-state index in [2.05, 4.69) is 0 Å². The molecule has 1 heterocycles. The van der Waals surface area contributed by atoms with Crippen LogP contribution in [-0.2, 0) is 4.79 Å². The maximum absolute atomic E-state index is 12.0. The number of ether oxygens (including phenoxy) is 2. The summed E-state index contributed by atoms with van der Waals surface area (Å²) in [6.45, 7) is 0.102. The number of benzene rings is 1. The molecule has 0 radical (unpaired) electrons. The van der Waals surface area contributed by atoms with Gasteiger partial charge in [-0.05, 0) is 12.1 Å². The van der Waals surface area contributed by atoms with E-state index < -0.39 is 11.9 Å². The lowest BCUT2D eigenvalue weighted by atomic mass is 9.92. The van der Waals surface area contributed by atoms with Crippen molar-refractivity contribution in [1.29, 1.82) is 0 Å². The summed E-state index contributed by atoms with van der Waals surface area (Å²) < 4.78 is 10.4. The first kappa shape index (κ1) is 11.4. The number of hydrogen-bond donors (Lipinski definition) is 1. The lowest BCUT2D eigenvalue weighted by Crippen LogP contribution is -2.29. The molecule has 1 aromatic carbocycles. The Morgan fingerprint density at radius 1 is 1.59 bits per heavy atom. The molecule has 0 saturated carbocycles. The number of hydrogen-bond acceptors (Lipinski definition) is 4. The fraction of sp³-hybridized carbons (Fsp3) is 0.333. The lowest BCUT2D eigenvalue weighted by Gasteiger charge is -2.23. The summed E-state index contributed by atoms with van der Waals surface area (Å²) in [7, 11) is 1.53. The van der Waals surface area contributed by atoms with Gasteiger partial charge in [-0.15, -0.1) is 0 Å². The van der Waals surface area contributed by atoms with E-state index in [1.807, 2.05) is 0 Å². The Labute approximate surface area is 98.0 Å². The first-order valence-electron chi connectivity index (χ1n) is 5.18. The molecule has 0 bridgehead atoms. The van der Waals surface area contributed by atoms with Crippen LogP contribution in [0.4, 0.5) is 0 Å². The van der Waals surface area contributed by atoms with E-state index in [0.29, 0.717) is 17.1 Å². The number of aliphatic carboxylic acids is 1. The number of carboxylic acids is 1. The Bertz CT molecular complexity index is 466. The molecular formula is C12H12O5. The lowest BCUT2D eigenvalue weighted by molar-refractivity contribution is -0.138. The van der Waals surface area contributed by atoms with Crippen LogP contribution in [0.3, 0.4) is 0 Å². The topological polar surface area (TPSA) is 72.8 Å². The van der Waals surface area contributed by atoms with Crippen molar-refractivity contribution in [3.05, 3.63) is 23.8 Å². The van der Waals surface area contributed by atoms with Gasteiger partial charge in [0.1, 0.15) is 11.5 Å². The van der Waals surface area contributed by atoms with Gasteiger partial charge < -0.3 is 14.6 Å². The minimum absolute atomic E-state index is 0.102. The number of carboxylic acid groups (broad SMARTS) is 1. The predicted molar refractivity (Wildman–Crippen MR) is 58.6 cm³/mol. The zero-order valence-electron chi connectivity index (χ0n) is 9.30. The predicted octanol–water partition coefficient (Wildman–Crippen LogP) is 1.36. The highest BCUT2D eigenvalue weighted by Gasteiger charge is 2.30. The SMILES string of the molecule is COc1ccc2c(c1)OCC(CC(=O)O)C2=O. The van der Waals surface area contributed by atoms with Gasteiger partial charge in [0.05, 0.1) is 31.6 Å². The Kier molecular flexibility index (Phi) is 2.99. The van der Waals surface area contributed by atoms with Crippen molar-refractivity contribution in [3.63, 3.8) is 0 Å². The molecule has 5 nitrogen and oxygen atoms in total. The number of ketones is 1. The van der Waals surface area contributed by atoms with Gasteiger partial charge >= 0.3 is 5.97 Å². The molecule has 0 fully saturated rings. The first-order valence-corrected chi connectivity index (χ1v) is 5.18. The molecule has 1 unspecified atom stereocenters. The Morgan fingerprint density at radius 3 is 3.00 bits per heavy atom. The minimum Gasteiger partial charge on any atom is -0.497 e. The summed E-state index contributed by atoms with van der Waals surface area (Å²) in [5, 5.41) is 8.69. The molecule has 1 N–H and O–H groups in total. The third kappa shape index (κ3) is 2.22. The summed E-state index contributed by atoms with van der Waals surface area (Å²) >= 11 is 0. The van der Waals surface area contributed by atoms with Gasteiger partial charge in [-0.25, -0.2) is 0 Å². The average molecular weight is 236 g/mol. The van der Waals surface area contributed by atoms with Gasteiger partial charge in [-0.1, -0.05) is 0 Å². The first-order chi connectivity index (χ1) is 8.11. The van der Waals surface area contributed by atoms with Crippen LogP contribution in [0.1, 0.15) is 16.8 Å². The van der Waals surface area contributed by atoms with Crippen molar-refractivity contribution in [1.82, 2.24) is 0 Å². The second-order valence-corrected chi connectivity index (χ2v) is 3.83. The van der Waals surface area contributed by atoms with Crippen LogP contribution in [-0.4, -0.2) is 30.6 Å². The molecular weight excluding hydrogens is 224 g/mol. The van der Waals surface area contributed by atoms with Gasteiger partial charge in [-0.2, -0.15) is 0 Å². The fourth-order valence-electron chi connectivity index (χ4n) is 1.80. The number of rotatable bonds is 3. The number of carbonyl (C=O) groups is 2. The largest absolute Gasteiger partial charge is 0.497 e. The number of carbonyl (C=O) groups excluding carboxylic acids is 1. The van der Waals surface area contributed by atoms with Crippen molar-refractivity contribution >= 4 is 11.8 Å². The molecule has 1 aliphatic rings. The highest BCUT2D eigenvalue weighted by molar-refractivity contribution is 6.02. The molecule has 1 aromatic rings. The Morgan fingerprint density at radius 2 is 2.35 bits per heavy atom. The summed E-state index contributed by atoms with van der Waals surface area (Å²) in [4.78, 5) is 22.6. The smallest absolute Gasteiger partial charge is 0.304 e. The molecule has 17 heavy (non-hydrogen) atoms. The summed E-state index contributed by atoms with van der Waals surface area (Å²) in [6, 6.07) is 4.89. The van der Waals surface area contributed by atoms with Crippen LogP contribution in [0.2, 0.25) is 0 Å². The average Bonchev–Trinajstić information content (AvgIpc) is 2.32. The standard InChI is InChI=1S/C12H12O5/c1-16-8-2-3-9-10(5-8)17-6-7(12(9)15)4-11(13)14/h2-3,5,7H,4,6H2,1H3,(H,13,14). The molecule has 0 amide bonds. The number of methoxy groups -OCH3 is 1. The minimum atomic E-state index is -0.996. The second kappa shape index (κ2) is 4.45. The van der Waals surface area contributed by atoms with Crippen molar-refractivity contribution in [3.8, 4) is 11.5 Å². The van der Waals surface area contributed by atoms with Gasteiger partial charge in [0.2, 0.25) is 0 Å². The number of Topliss-reactive ketones (excluding diaryl/α,β-unsaturated/α-hetero) is 1. The van der Waals surface area contributed by atoms with E-state index in [1.165, 1.54) is 7.11 Å². The van der Waals surface area contributed by atoms with Gasteiger partial charge in [0, 0.05) is 6.07 Å². The fourth-order valence-corrected chi connectivity index (χ4v) is 1.80. The van der Waals surface area contributed by atoms with Crippen LogP contribution in [0.5, 0.6) is 11.5 Å². The van der Waals surface area contributed by atoms with Crippen molar-refractivity contribution in [2.24, 2.45) is 5.92 Å². The van der Waals surface area contributed by atoms with E-state index >= 15 is 0 Å². The summed E-state index contributed by atoms with van der Waals surface area (Å²) in [6.07, 6.45) is -0.204. The van der Waals surface area contributed by atoms with Crippen LogP contribution >= 0.6 is 0 Å². The maximum Gasteiger partial charge on any atom is 0.304 e. The molecule has 0 spiro atoms. The highest BCUT2D eigenvalue weighted by atomic mass is 16.5. The summed E-state index contributed by atoms with van der Waals surface area (Å²) in [5.74, 6) is -0.724. The molecule has 0 aromatic heterocycles. The molecule has 5 heteroatoms. The van der Waals surface area contributed by atoms with Crippen LogP contribution < -0.4 is 9.47 Å². The normalized spacial score (nSPS) is 18.2. The third-order valence-corrected chi connectivity index (χ3v) is 2.69. The molecule has 1 atom stereocenters. The molecule has 90 valence electrons. The monoisotopic (exact) mass is 236 g/mol. The van der Waals surface area contributed by atoms with Crippen LogP contribution in [0.25, 0.3) is 0 Å². The zero-order valence-corrected chi connectivity index (χ0v) is 9.30. The van der Waals surface area contributed by atoms with E-state index in [4.69, 9.17) is 14.6 Å². The number of fused-ring (bicyclic) bond motifs is 1. The van der Waals surface area contributed by atoms with Gasteiger partial charge in [-0.3, -0.25) is 9.59 Å². The molecule has 0 saturated heterocycles. The Balaban J connectivity index is 2.27. The van der Waals surface area contributed by atoms with E-state index in [9.17, 15) is 9.59 Å². The molecule has 1 aliphatic heterocycles. The van der Waals surface area contributed by atoms with E-state index in [1.54, 1.807) is 18.2 Å². The highest BCUT2D eigenvalue weighted by Crippen LogP contribution is 2.31. The third-order valence-electron chi connectivity index (χ3n) is 2.69. The Hall–Kier alpha value is -2.04. The van der Waals surface area contributed by atoms with Crippen molar-refractivity contribution in [2.75, 3.05) is 13.7 Å². The molecule has 0 aliphatic carbocycles. The quantitative estimate of drug-likeness (QED) is 0.857. The van der Waals surface area contributed by atoms with E-state index in [0.717, 1.165) is 0 Å². The second-order valence-electron chi connectivity index (χ2n) is 3.83. The maximum atomic E-state index is 12.0. The van der Waals surface area contributed by atoms with Crippen LogP contribution in [0, 0.1) is 5.92 Å². The van der Waals surface area contributed by atoms with Crippen molar-refractivity contribution in [2.45, 2.75) is 6.42 Å². The zero-order chi connectivity index (χ0) is 12.4. The van der Waals surface area contributed by atoms with Crippen molar-refractivity contribution < 1.29 is 24.2 Å². The van der Waals surface area contributed by atoms with E-state index in [-0.39, 0.29) is 18.8 Å². The molecule has 2 rings (SSSR count). The van der Waals surface area contributed by atoms with Gasteiger partial charge in [0.15, 0.2) is 5.78 Å². The summed E-state index contributed by atoms with van der Waals surface area (Å²) in [5.41, 5.74) is 0.420. The van der Waals surface area contributed by atoms with Gasteiger partial charge in [0.25, 0.3) is 0 Å². The van der Waals surface area contributed by atoms with Crippen LogP contribution in [0.15, 0.2) is 18.2 Å².